The zero-order chi connectivity index (χ0) is 15.7. The summed E-state index contributed by atoms with van der Waals surface area (Å²) in [5.41, 5.74) is 4.31. The van der Waals surface area contributed by atoms with Crippen LogP contribution in [0.5, 0.6) is 0 Å². The summed E-state index contributed by atoms with van der Waals surface area (Å²) >= 11 is 3.49. The van der Waals surface area contributed by atoms with Crippen molar-refractivity contribution < 1.29 is 9.53 Å². The van der Waals surface area contributed by atoms with E-state index < -0.39 is 0 Å². The Hall–Kier alpha value is -1.61. The van der Waals surface area contributed by atoms with Gasteiger partial charge in [-0.1, -0.05) is 46.3 Å². The smallest absolute Gasteiger partial charge is 0.316 e. The van der Waals surface area contributed by atoms with Gasteiger partial charge < -0.3 is 4.74 Å². The molecule has 1 aliphatic carbocycles. The highest BCUT2D eigenvalue weighted by Gasteiger charge is 2.52. The van der Waals surface area contributed by atoms with E-state index in [0.29, 0.717) is 6.61 Å². The Bertz CT molecular complexity index is 700. The largest absolute Gasteiger partial charge is 0.465 e. The third kappa shape index (κ3) is 2.70. The second kappa shape index (κ2) is 5.88. The highest BCUT2D eigenvalue weighted by atomic mass is 79.9. The van der Waals surface area contributed by atoms with Crippen LogP contribution in [0.15, 0.2) is 46.9 Å². The lowest BCUT2D eigenvalue weighted by atomic mass is 9.93. The van der Waals surface area contributed by atoms with Crippen LogP contribution in [0, 0.1) is 6.92 Å². The number of rotatable bonds is 4. The van der Waals surface area contributed by atoms with Gasteiger partial charge in [0.15, 0.2) is 0 Å². The molecule has 0 aromatic heterocycles. The minimum atomic E-state index is -0.386. The lowest BCUT2D eigenvalue weighted by Gasteiger charge is -2.15. The quantitative estimate of drug-likeness (QED) is 0.717. The summed E-state index contributed by atoms with van der Waals surface area (Å²) in [6.45, 7) is 4.40. The van der Waals surface area contributed by atoms with E-state index in [2.05, 4.69) is 65.3 Å². The number of carbonyl (C=O) groups excluding carboxylic acids is 1. The molecule has 0 bridgehead atoms. The minimum Gasteiger partial charge on any atom is -0.465 e. The average Bonchev–Trinajstić information content (AvgIpc) is 3.30. The highest BCUT2D eigenvalue weighted by molar-refractivity contribution is 9.10. The predicted molar refractivity (Wildman–Crippen MR) is 91.9 cm³/mol. The summed E-state index contributed by atoms with van der Waals surface area (Å²) in [4.78, 5) is 12.1. The van der Waals surface area contributed by atoms with E-state index in [4.69, 9.17) is 4.74 Å². The number of benzene rings is 2. The monoisotopic (exact) mass is 358 g/mol. The first-order valence-corrected chi connectivity index (χ1v) is 8.40. The summed E-state index contributed by atoms with van der Waals surface area (Å²) in [6, 6.07) is 14.6. The Morgan fingerprint density at radius 1 is 1.18 bits per heavy atom. The normalized spacial score (nSPS) is 15.4. The molecule has 1 aliphatic rings. The van der Waals surface area contributed by atoms with Gasteiger partial charge in [-0.15, -0.1) is 0 Å². The molecule has 0 spiro atoms. The Kier molecular flexibility index (Phi) is 4.09. The van der Waals surface area contributed by atoms with Crippen LogP contribution in [0.4, 0.5) is 0 Å². The Balaban J connectivity index is 1.89. The molecule has 0 amide bonds. The third-order valence-electron chi connectivity index (χ3n) is 4.35. The van der Waals surface area contributed by atoms with Crippen LogP contribution >= 0.6 is 15.9 Å². The van der Waals surface area contributed by atoms with Crippen molar-refractivity contribution in [3.63, 3.8) is 0 Å². The van der Waals surface area contributed by atoms with Crippen molar-refractivity contribution in [3.05, 3.63) is 58.1 Å². The van der Waals surface area contributed by atoms with Gasteiger partial charge in [0.1, 0.15) is 0 Å². The standard InChI is InChI=1S/C19H19BrO2/c1-3-22-18(21)19(10-11-19)15-6-4-14(5-7-15)17-9-8-16(20)12-13(17)2/h4-9,12H,3,10-11H2,1-2H3. The molecule has 0 aliphatic heterocycles. The average molecular weight is 359 g/mol. The molecular formula is C19H19BrO2. The maximum absolute atomic E-state index is 12.1. The van der Waals surface area contributed by atoms with E-state index in [-0.39, 0.29) is 11.4 Å². The molecule has 22 heavy (non-hydrogen) atoms. The number of halogens is 1. The molecule has 114 valence electrons. The van der Waals surface area contributed by atoms with Crippen LogP contribution in [0.2, 0.25) is 0 Å². The summed E-state index contributed by atoms with van der Waals surface area (Å²) in [5.74, 6) is -0.0810. The molecule has 0 atom stereocenters. The van der Waals surface area contributed by atoms with Gasteiger partial charge in [-0.25, -0.2) is 0 Å². The van der Waals surface area contributed by atoms with Crippen molar-refractivity contribution in [1.29, 1.82) is 0 Å². The maximum atomic E-state index is 12.1. The van der Waals surface area contributed by atoms with E-state index >= 15 is 0 Å². The van der Waals surface area contributed by atoms with Gasteiger partial charge in [0.25, 0.3) is 0 Å². The minimum absolute atomic E-state index is 0.0810. The number of carbonyl (C=O) groups is 1. The first-order valence-electron chi connectivity index (χ1n) is 7.61. The van der Waals surface area contributed by atoms with Gasteiger partial charge in [0.2, 0.25) is 0 Å². The number of ether oxygens (including phenoxy) is 1. The van der Waals surface area contributed by atoms with Crippen LogP contribution in [0.1, 0.15) is 30.9 Å². The number of esters is 1. The van der Waals surface area contributed by atoms with Gasteiger partial charge in [-0.3, -0.25) is 4.79 Å². The SMILES string of the molecule is CCOC(=O)C1(c2ccc(-c3ccc(Br)cc3C)cc2)CC1. The second-order valence-corrected chi connectivity index (χ2v) is 6.75. The van der Waals surface area contributed by atoms with Crippen molar-refractivity contribution in [3.8, 4) is 11.1 Å². The van der Waals surface area contributed by atoms with E-state index in [1.54, 1.807) is 0 Å². The van der Waals surface area contributed by atoms with Crippen LogP contribution < -0.4 is 0 Å². The fraction of sp³-hybridized carbons (Fsp3) is 0.316. The zero-order valence-corrected chi connectivity index (χ0v) is 14.4. The molecule has 1 saturated carbocycles. The third-order valence-corrected chi connectivity index (χ3v) is 4.85. The van der Waals surface area contributed by atoms with E-state index in [1.165, 1.54) is 16.7 Å². The Morgan fingerprint density at radius 3 is 2.41 bits per heavy atom. The van der Waals surface area contributed by atoms with Crippen LogP contribution in [0.3, 0.4) is 0 Å². The van der Waals surface area contributed by atoms with Crippen LogP contribution in [0.25, 0.3) is 11.1 Å². The molecule has 0 N–H and O–H groups in total. The van der Waals surface area contributed by atoms with Gasteiger partial charge in [-0.05, 0) is 61.1 Å². The second-order valence-electron chi connectivity index (χ2n) is 5.84. The van der Waals surface area contributed by atoms with E-state index in [9.17, 15) is 4.79 Å². The topological polar surface area (TPSA) is 26.3 Å². The molecule has 2 aromatic rings. The molecular weight excluding hydrogens is 340 g/mol. The highest BCUT2D eigenvalue weighted by Crippen LogP contribution is 2.49. The molecule has 3 rings (SSSR count). The maximum Gasteiger partial charge on any atom is 0.316 e. The van der Waals surface area contributed by atoms with Gasteiger partial charge >= 0.3 is 5.97 Å². The molecule has 3 heteroatoms. The molecule has 0 unspecified atom stereocenters. The van der Waals surface area contributed by atoms with Crippen molar-refractivity contribution in [2.45, 2.75) is 32.1 Å². The van der Waals surface area contributed by atoms with Crippen molar-refractivity contribution in [1.82, 2.24) is 0 Å². The molecule has 0 radical (unpaired) electrons. The lowest BCUT2D eigenvalue weighted by Crippen LogP contribution is -2.23. The Labute approximate surface area is 139 Å². The molecule has 2 nitrogen and oxygen atoms in total. The summed E-state index contributed by atoms with van der Waals surface area (Å²) in [6.07, 6.45) is 1.78. The van der Waals surface area contributed by atoms with Gasteiger partial charge in [0.05, 0.1) is 12.0 Å². The van der Waals surface area contributed by atoms with Crippen LogP contribution in [-0.2, 0) is 14.9 Å². The van der Waals surface area contributed by atoms with Crippen LogP contribution in [-0.4, -0.2) is 12.6 Å². The molecule has 1 fully saturated rings. The fourth-order valence-electron chi connectivity index (χ4n) is 2.92. The van der Waals surface area contributed by atoms with Crippen molar-refractivity contribution >= 4 is 21.9 Å². The summed E-state index contributed by atoms with van der Waals surface area (Å²) in [7, 11) is 0. The van der Waals surface area contributed by atoms with Gasteiger partial charge in [-0.2, -0.15) is 0 Å². The number of hydrogen-bond acceptors (Lipinski definition) is 2. The number of aryl methyl sites for hydroxylation is 1. The van der Waals surface area contributed by atoms with E-state index in [0.717, 1.165) is 22.9 Å². The fourth-order valence-corrected chi connectivity index (χ4v) is 3.40. The Morgan fingerprint density at radius 2 is 1.86 bits per heavy atom. The van der Waals surface area contributed by atoms with Crippen molar-refractivity contribution in [2.75, 3.05) is 6.61 Å². The summed E-state index contributed by atoms with van der Waals surface area (Å²) in [5, 5.41) is 0. The first-order chi connectivity index (χ1) is 10.6. The van der Waals surface area contributed by atoms with E-state index in [1.807, 2.05) is 6.92 Å². The molecule has 2 aromatic carbocycles. The zero-order valence-electron chi connectivity index (χ0n) is 12.9. The number of hydrogen-bond donors (Lipinski definition) is 0. The predicted octanol–water partition coefficient (Wildman–Crippen LogP) is 5.02. The lowest BCUT2D eigenvalue weighted by molar-refractivity contribution is -0.146. The van der Waals surface area contributed by atoms with Gasteiger partial charge in [0, 0.05) is 4.47 Å². The van der Waals surface area contributed by atoms with Crippen molar-refractivity contribution in [2.24, 2.45) is 0 Å². The first kappa shape index (κ1) is 15.3. The molecule has 0 saturated heterocycles. The molecule has 0 heterocycles. The summed E-state index contributed by atoms with van der Waals surface area (Å²) < 4.78 is 6.31.